The van der Waals surface area contributed by atoms with Crippen molar-refractivity contribution in [3.05, 3.63) is 23.5 Å². The van der Waals surface area contributed by atoms with Gasteiger partial charge in [-0.05, 0) is 25.3 Å². The Bertz CT molecular complexity index is 402. The summed E-state index contributed by atoms with van der Waals surface area (Å²) in [5.74, 6) is -4.03. The number of hydrogen-bond acceptors (Lipinski definition) is 1. The van der Waals surface area contributed by atoms with Gasteiger partial charge in [-0.15, -0.1) is 0 Å². The molecule has 0 radical (unpaired) electrons. The Morgan fingerprint density at radius 3 is 2.82 bits per heavy atom. The lowest BCUT2D eigenvalue weighted by Gasteiger charge is -2.22. The molecule has 0 fully saturated rings. The number of halogens is 4. The molecule has 2 rings (SSSR count). The van der Waals surface area contributed by atoms with E-state index in [0.717, 1.165) is 4.57 Å². The van der Waals surface area contributed by atoms with Crippen LogP contribution in [0.5, 0.6) is 0 Å². The molecule has 0 saturated carbocycles. The number of aromatic nitrogens is 1. The van der Waals surface area contributed by atoms with Crippen molar-refractivity contribution in [3.8, 4) is 0 Å². The fourth-order valence-electron chi connectivity index (χ4n) is 2.18. The van der Waals surface area contributed by atoms with Crippen molar-refractivity contribution in [2.24, 2.45) is 0 Å². The standard InChI is InChI=1S/C11H13F4NO/c12-10(13)11(14,15)6-16-5-4-7-8(16)2-1-3-9(7)17/h4-5,9-10,17H,1-3,6H2. The molecule has 1 atom stereocenters. The second-order valence-corrected chi connectivity index (χ2v) is 4.32. The molecule has 0 amide bonds. The number of hydrogen-bond donors (Lipinski definition) is 1. The van der Waals surface area contributed by atoms with Crippen molar-refractivity contribution in [2.45, 2.75) is 44.3 Å². The van der Waals surface area contributed by atoms with Crippen molar-refractivity contribution in [2.75, 3.05) is 0 Å². The molecule has 0 bridgehead atoms. The lowest BCUT2D eigenvalue weighted by molar-refractivity contribution is -0.138. The third-order valence-corrected chi connectivity index (χ3v) is 3.06. The van der Waals surface area contributed by atoms with Crippen LogP contribution < -0.4 is 0 Å². The molecule has 1 unspecified atom stereocenters. The number of nitrogens with zero attached hydrogens (tertiary/aromatic N) is 1. The van der Waals surface area contributed by atoms with Gasteiger partial charge in [0.05, 0.1) is 12.6 Å². The summed E-state index contributed by atoms with van der Waals surface area (Å²) in [6.45, 7) is -1.04. The highest BCUT2D eigenvalue weighted by atomic mass is 19.3. The van der Waals surface area contributed by atoms with E-state index in [1.165, 1.54) is 12.3 Å². The zero-order valence-corrected chi connectivity index (χ0v) is 9.04. The van der Waals surface area contributed by atoms with Crippen molar-refractivity contribution >= 4 is 0 Å². The van der Waals surface area contributed by atoms with Gasteiger partial charge in [-0.3, -0.25) is 0 Å². The highest BCUT2D eigenvalue weighted by Gasteiger charge is 2.41. The maximum absolute atomic E-state index is 12.9. The molecule has 2 nitrogen and oxygen atoms in total. The van der Waals surface area contributed by atoms with Crippen molar-refractivity contribution < 1.29 is 22.7 Å². The van der Waals surface area contributed by atoms with Crippen LogP contribution in [0.4, 0.5) is 17.6 Å². The van der Waals surface area contributed by atoms with Gasteiger partial charge in [0, 0.05) is 17.5 Å². The van der Waals surface area contributed by atoms with Gasteiger partial charge in [-0.25, -0.2) is 8.78 Å². The monoisotopic (exact) mass is 251 g/mol. The van der Waals surface area contributed by atoms with E-state index in [4.69, 9.17) is 0 Å². The smallest absolute Gasteiger partial charge is 0.324 e. The van der Waals surface area contributed by atoms with Gasteiger partial charge in [0.1, 0.15) is 0 Å². The molecule has 96 valence electrons. The molecule has 17 heavy (non-hydrogen) atoms. The third-order valence-electron chi connectivity index (χ3n) is 3.06. The van der Waals surface area contributed by atoms with Crippen molar-refractivity contribution in [1.82, 2.24) is 4.57 Å². The van der Waals surface area contributed by atoms with Crippen LogP contribution >= 0.6 is 0 Å². The average Bonchev–Trinajstić information content (AvgIpc) is 2.62. The third kappa shape index (κ3) is 2.31. The van der Waals surface area contributed by atoms with Gasteiger partial charge < -0.3 is 9.67 Å². The Balaban J connectivity index is 2.23. The Morgan fingerprint density at radius 2 is 2.18 bits per heavy atom. The van der Waals surface area contributed by atoms with Crippen LogP contribution in [0.15, 0.2) is 12.3 Å². The van der Waals surface area contributed by atoms with Gasteiger partial charge in [0.15, 0.2) is 0 Å². The summed E-state index contributed by atoms with van der Waals surface area (Å²) < 4.78 is 51.2. The lowest BCUT2D eigenvalue weighted by Crippen LogP contribution is -2.32. The minimum Gasteiger partial charge on any atom is -0.388 e. The first-order valence-corrected chi connectivity index (χ1v) is 5.44. The van der Waals surface area contributed by atoms with Crippen LogP contribution in [0.3, 0.4) is 0 Å². The maximum atomic E-state index is 12.9. The maximum Gasteiger partial charge on any atom is 0.324 e. The summed E-state index contributed by atoms with van der Waals surface area (Å²) in [6, 6.07) is 1.53. The van der Waals surface area contributed by atoms with Gasteiger partial charge in [-0.1, -0.05) is 0 Å². The first-order chi connectivity index (χ1) is 7.92. The molecule has 1 aliphatic carbocycles. The molecule has 1 N–H and O–H groups in total. The van der Waals surface area contributed by atoms with Crippen LogP contribution in [0.1, 0.15) is 30.2 Å². The normalized spacial score (nSPS) is 20.7. The van der Waals surface area contributed by atoms with E-state index in [-0.39, 0.29) is 0 Å². The molecular formula is C11H13F4NO. The van der Waals surface area contributed by atoms with E-state index in [0.29, 0.717) is 30.5 Å². The lowest BCUT2D eigenvalue weighted by atomic mass is 9.95. The largest absolute Gasteiger partial charge is 0.388 e. The Morgan fingerprint density at radius 1 is 1.47 bits per heavy atom. The first-order valence-electron chi connectivity index (χ1n) is 5.44. The van der Waals surface area contributed by atoms with Crippen LogP contribution in [0, 0.1) is 0 Å². The fraction of sp³-hybridized carbons (Fsp3) is 0.636. The number of aliphatic hydroxyl groups excluding tert-OH is 1. The van der Waals surface area contributed by atoms with Crippen LogP contribution in [-0.2, 0) is 13.0 Å². The van der Waals surface area contributed by atoms with E-state index >= 15 is 0 Å². The molecule has 6 heteroatoms. The molecular weight excluding hydrogens is 238 g/mol. The van der Waals surface area contributed by atoms with Gasteiger partial charge in [-0.2, -0.15) is 8.78 Å². The Kier molecular flexibility index (Phi) is 3.16. The molecule has 0 spiro atoms. The van der Waals surface area contributed by atoms with E-state index in [2.05, 4.69) is 0 Å². The zero-order chi connectivity index (χ0) is 12.6. The molecule has 1 aliphatic rings. The minimum atomic E-state index is -4.03. The predicted octanol–water partition coefficient (Wildman–Crippen LogP) is 2.76. The molecule has 0 aromatic carbocycles. The second kappa shape index (κ2) is 4.33. The fourth-order valence-corrected chi connectivity index (χ4v) is 2.18. The van der Waals surface area contributed by atoms with Crippen molar-refractivity contribution in [1.29, 1.82) is 0 Å². The summed E-state index contributed by atoms with van der Waals surface area (Å²) in [5.41, 5.74) is 1.13. The first kappa shape index (κ1) is 12.4. The van der Waals surface area contributed by atoms with Crippen molar-refractivity contribution in [3.63, 3.8) is 0 Å². The highest BCUT2D eigenvalue weighted by Crippen LogP contribution is 2.33. The second-order valence-electron chi connectivity index (χ2n) is 4.32. The number of alkyl halides is 4. The van der Waals surface area contributed by atoms with Crippen LogP contribution in [0.25, 0.3) is 0 Å². The Labute approximate surface area is 95.9 Å². The predicted molar refractivity (Wildman–Crippen MR) is 53.3 cm³/mol. The van der Waals surface area contributed by atoms with Crippen LogP contribution in [0.2, 0.25) is 0 Å². The van der Waals surface area contributed by atoms with E-state index < -0.39 is 25.0 Å². The summed E-state index contributed by atoms with van der Waals surface area (Å²) >= 11 is 0. The molecule has 1 heterocycles. The van der Waals surface area contributed by atoms with Gasteiger partial charge in [0.2, 0.25) is 0 Å². The highest BCUT2D eigenvalue weighted by molar-refractivity contribution is 5.27. The Hall–Kier alpha value is -1.04. The molecule has 0 aliphatic heterocycles. The average molecular weight is 251 g/mol. The topological polar surface area (TPSA) is 25.2 Å². The zero-order valence-electron chi connectivity index (χ0n) is 9.04. The van der Waals surface area contributed by atoms with Gasteiger partial charge in [0.25, 0.3) is 0 Å². The molecule has 1 aromatic heterocycles. The number of aliphatic hydroxyl groups is 1. The summed E-state index contributed by atoms with van der Waals surface area (Å²) in [6.07, 6.45) is -1.19. The summed E-state index contributed by atoms with van der Waals surface area (Å²) in [4.78, 5) is 0. The summed E-state index contributed by atoms with van der Waals surface area (Å²) in [5, 5.41) is 9.63. The SMILES string of the molecule is OC1CCCc2c1ccn2CC(F)(F)C(F)F. The molecule has 1 aromatic rings. The number of rotatable bonds is 3. The number of fused-ring (bicyclic) bond motifs is 1. The van der Waals surface area contributed by atoms with E-state index in [1.54, 1.807) is 0 Å². The van der Waals surface area contributed by atoms with Gasteiger partial charge >= 0.3 is 12.3 Å². The van der Waals surface area contributed by atoms with E-state index in [1.807, 2.05) is 0 Å². The summed E-state index contributed by atoms with van der Waals surface area (Å²) in [7, 11) is 0. The van der Waals surface area contributed by atoms with E-state index in [9.17, 15) is 22.7 Å². The molecule has 0 saturated heterocycles. The van der Waals surface area contributed by atoms with Crippen LogP contribution in [-0.4, -0.2) is 22.0 Å². The quantitative estimate of drug-likeness (QED) is 0.821. The minimum absolute atomic E-state index is 0.540.